The molecule has 0 radical (unpaired) electrons. The van der Waals surface area contributed by atoms with Crippen molar-refractivity contribution in [2.45, 2.75) is 12.1 Å². The maximum Gasteiger partial charge on any atom is 0.256 e. The van der Waals surface area contributed by atoms with E-state index in [4.69, 9.17) is 21.1 Å². The summed E-state index contributed by atoms with van der Waals surface area (Å²) >= 11 is 5.82. The Hall–Kier alpha value is -1.17. The van der Waals surface area contributed by atoms with Crippen LogP contribution in [0.4, 0.5) is 4.39 Å². The zero-order valence-electron chi connectivity index (χ0n) is 9.78. The van der Waals surface area contributed by atoms with Gasteiger partial charge in [-0.2, -0.15) is 0 Å². The molecule has 2 rings (SSSR count). The van der Waals surface area contributed by atoms with Crippen LogP contribution in [0.25, 0.3) is 0 Å². The van der Waals surface area contributed by atoms with Crippen LogP contribution in [0.5, 0.6) is 0 Å². The third-order valence-corrected chi connectivity index (χ3v) is 3.15. The van der Waals surface area contributed by atoms with Crippen molar-refractivity contribution < 1.29 is 18.7 Å². The first-order chi connectivity index (χ1) is 8.63. The van der Waals surface area contributed by atoms with Gasteiger partial charge in [-0.25, -0.2) is 4.39 Å². The van der Waals surface area contributed by atoms with E-state index in [-0.39, 0.29) is 22.7 Å². The summed E-state index contributed by atoms with van der Waals surface area (Å²) < 4.78 is 23.9. The van der Waals surface area contributed by atoms with Crippen LogP contribution in [0.15, 0.2) is 18.2 Å². The molecular formula is C12H13ClFNO3. The van der Waals surface area contributed by atoms with E-state index in [1.54, 1.807) is 0 Å². The van der Waals surface area contributed by atoms with Crippen molar-refractivity contribution in [1.29, 1.82) is 0 Å². The van der Waals surface area contributed by atoms with Crippen LogP contribution < -0.4 is 5.32 Å². The topological polar surface area (TPSA) is 47.6 Å². The Labute approximate surface area is 109 Å². The number of halogens is 2. The predicted molar refractivity (Wildman–Crippen MR) is 64.3 cm³/mol. The summed E-state index contributed by atoms with van der Waals surface area (Å²) in [5.41, 5.74) is -0.152. The van der Waals surface area contributed by atoms with Crippen LogP contribution in [0.2, 0.25) is 5.02 Å². The zero-order valence-corrected chi connectivity index (χ0v) is 10.5. The number of hydrogen-bond acceptors (Lipinski definition) is 3. The minimum absolute atomic E-state index is 0.0837. The molecule has 0 aliphatic carbocycles. The highest BCUT2D eigenvalue weighted by Crippen LogP contribution is 2.19. The minimum atomic E-state index is -0.645. The van der Waals surface area contributed by atoms with E-state index in [0.717, 1.165) is 0 Å². The molecule has 0 aromatic heterocycles. The van der Waals surface area contributed by atoms with Crippen molar-refractivity contribution >= 4 is 17.5 Å². The molecule has 98 valence electrons. The van der Waals surface area contributed by atoms with Gasteiger partial charge in [-0.1, -0.05) is 17.7 Å². The van der Waals surface area contributed by atoms with Crippen molar-refractivity contribution in [3.05, 3.63) is 34.6 Å². The van der Waals surface area contributed by atoms with E-state index in [0.29, 0.717) is 13.2 Å². The van der Waals surface area contributed by atoms with Gasteiger partial charge in [0.2, 0.25) is 0 Å². The van der Waals surface area contributed by atoms with E-state index < -0.39 is 11.7 Å². The highest BCUT2D eigenvalue weighted by atomic mass is 35.5. The molecule has 0 saturated carbocycles. The number of rotatable bonds is 3. The van der Waals surface area contributed by atoms with Gasteiger partial charge in [0, 0.05) is 7.11 Å². The van der Waals surface area contributed by atoms with Gasteiger partial charge in [-0.3, -0.25) is 4.79 Å². The molecule has 1 N–H and O–H groups in total. The van der Waals surface area contributed by atoms with Crippen LogP contribution in [0.3, 0.4) is 0 Å². The van der Waals surface area contributed by atoms with Gasteiger partial charge in [0.25, 0.3) is 5.91 Å². The number of benzene rings is 1. The molecule has 0 spiro atoms. The van der Waals surface area contributed by atoms with Crippen molar-refractivity contribution in [2.24, 2.45) is 0 Å². The second-order valence-electron chi connectivity index (χ2n) is 3.99. The summed E-state index contributed by atoms with van der Waals surface area (Å²) in [5.74, 6) is -1.21. The normalized spacial score (nSPS) is 23.1. The lowest BCUT2D eigenvalue weighted by Gasteiger charge is -2.18. The number of carbonyl (C=O) groups excluding carboxylic acids is 1. The molecule has 1 saturated heterocycles. The molecule has 4 nitrogen and oxygen atoms in total. The number of hydrogen-bond donors (Lipinski definition) is 1. The standard InChI is InChI=1S/C12H13ClFNO3/c1-17-10-6-18-5-9(10)15-12(16)11-7(13)3-2-4-8(11)14/h2-4,9-10H,5-6H2,1H3,(H,15,16)/t9-,10-/m0/s1. The molecule has 2 atom stereocenters. The zero-order chi connectivity index (χ0) is 13.1. The van der Waals surface area contributed by atoms with Gasteiger partial charge in [0.1, 0.15) is 11.9 Å². The fraction of sp³-hybridized carbons (Fsp3) is 0.417. The quantitative estimate of drug-likeness (QED) is 0.910. The molecule has 1 amide bonds. The van der Waals surface area contributed by atoms with Crippen LogP contribution in [-0.4, -0.2) is 38.4 Å². The summed E-state index contributed by atoms with van der Waals surface area (Å²) in [7, 11) is 1.54. The number of ether oxygens (including phenoxy) is 2. The Morgan fingerprint density at radius 2 is 2.33 bits per heavy atom. The molecule has 1 aliphatic heterocycles. The predicted octanol–water partition coefficient (Wildman–Crippen LogP) is 1.62. The fourth-order valence-electron chi connectivity index (χ4n) is 1.86. The first-order valence-corrected chi connectivity index (χ1v) is 5.86. The summed E-state index contributed by atoms with van der Waals surface area (Å²) in [6.07, 6.45) is -0.223. The largest absolute Gasteiger partial charge is 0.377 e. The smallest absolute Gasteiger partial charge is 0.256 e. The van der Waals surface area contributed by atoms with Crippen molar-refractivity contribution in [2.75, 3.05) is 20.3 Å². The van der Waals surface area contributed by atoms with E-state index in [1.165, 1.54) is 25.3 Å². The second-order valence-corrected chi connectivity index (χ2v) is 4.40. The molecule has 6 heteroatoms. The molecule has 1 aromatic rings. The lowest BCUT2D eigenvalue weighted by Crippen LogP contribution is -2.43. The summed E-state index contributed by atoms with van der Waals surface area (Å²) in [4.78, 5) is 12.0. The summed E-state index contributed by atoms with van der Waals surface area (Å²) in [5, 5.41) is 2.75. The van der Waals surface area contributed by atoms with Gasteiger partial charge < -0.3 is 14.8 Å². The van der Waals surface area contributed by atoms with Gasteiger partial charge in [0.15, 0.2) is 0 Å². The van der Waals surface area contributed by atoms with Gasteiger partial charge in [-0.15, -0.1) is 0 Å². The third kappa shape index (κ3) is 2.63. The lowest BCUT2D eigenvalue weighted by atomic mass is 10.1. The number of carbonyl (C=O) groups is 1. The maximum atomic E-state index is 13.5. The summed E-state index contributed by atoms with van der Waals surface area (Å²) in [6.45, 7) is 0.753. The third-order valence-electron chi connectivity index (χ3n) is 2.84. The molecule has 18 heavy (non-hydrogen) atoms. The van der Waals surface area contributed by atoms with Crippen molar-refractivity contribution in [1.82, 2.24) is 5.32 Å². The average molecular weight is 274 g/mol. The molecule has 1 aromatic carbocycles. The van der Waals surface area contributed by atoms with Crippen LogP contribution in [0.1, 0.15) is 10.4 Å². The first-order valence-electron chi connectivity index (χ1n) is 5.49. The monoisotopic (exact) mass is 273 g/mol. The second kappa shape index (κ2) is 5.65. The SMILES string of the molecule is CO[C@H]1COC[C@@H]1NC(=O)c1c(F)cccc1Cl. The van der Waals surface area contributed by atoms with E-state index in [1.807, 2.05) is 0 Å². The van der Waals surface area contributed by atoms with Crippen LogP contribution >= 0.6 is 11.6 Å². The van der Waals surface area contributed by atoms with E-state index in [2.05, 4.69) is 5.32 Å². The highest BCUT2D eigenvalue weighted by molar-refractivity contribution is 6.33. The minimum Gasteiger partial charge on any atom is -0.377 e. The summed E-state index contributed by atoms with van der Waals surface area (Å²) in [6, 6.07) is 3.82. The Kier molecular flexibility index (Phi) is 4.16. The van der Waals surface area contributed by atoms with Crippen LogP contribution in [-0.2, 0) is 9.47 Å². The molecule has 0 bridgehead atoms. The van der Waals surface area contributed by atoms with E-state index >= 15 is 0 Å². The van der Waals surface area contributed by atoms with Crippen molar-refractivity contribution in [3.63, 3.8) is 0 Å². The number of amides is 1. The van der Waals surface area contributed by atoms with E-state index in [9.17, 15) is 9.18 Å². The number of nitrogens with one attached hydrogen (secondary N) is 1. The molecule has 0 unspecified atom stereocenters. The van der Waals surface area contributed by atoms with Crippen molar-refractivity contribution in [3.8, 4) is 0 Å². The van der Waals surface area contributed by atoms with Crippen LogP contribution in [0, 0.1) is 5.82 Å². The molecule has 1 fully saturated rings. The molecule has 1 aliphatic rings. The Morgan fingerprint density at radius 1 is 1.56 bits per heavy atom. The molecular weight excluding hydrogens is 261 g/mol. The van der Waals surface area contributed by atoms with Gasteiger partial charge in [0.05, 0.1) is 29.8 Å². The highest BCUT2D eigenvalue weighted by Gasteiger charge is 2.30. The molecule has 1 heterocycles. The van der Waals surface area contributed by atoms with Gasteiger partial charge >= 0.3 is 0 Å². The Balaban J connectivity index is 2.12. The Bertz CT molecular complexity index is 435. The maximum absolute atomic E-state index is 13.5. The average Bonchev–Trinajstić information content (AvgIpc) is 2.76. The Morgan fingerprint density at radius 3 is 3.00 bits per heavy atom. The fourth-order valence-corrected chi connectivity index (χ4v) is 2.11. The lowest BCUT2D eigenvalue weighted by molar-refractivity contribution is 0.0684. The first kappa shape index (κ1) is 13.3. The van der Waals surface area contributed by atoms with Gasteiger partial charge in [-0.05, 0) is 12.1 Å². The number of methoxy groups -OCH3 is 1.